The van der Waals surface area contributed by atoms with E-state index in [4.69, 9.17) is 18.9 Å². The number of likely N-dealkylation sites (N-methyl/N-ethyl adjacent to an activating group) is 1. The van der Waals surface area contributed by atoms with Gasteiger partial charge in [-0.2, -0.15) is 0 Å². The predicted molar refractivity (Wildman–Crippen MR) is 227 cm³/mol. The number of H-pyrrole nitrogens is 1. The number of hydrogen-bond acceptors (Lipinski definition) is 11. The van der Waals surface area contributed by atoms with Gasteiger partial charge in [-0.25, -0.2) is 4.79 Å². The first kappa shape index (κ1) is 39.9. The second kappa shape index (κ2) is 14.0. The summed E-state index contributed by atoms with van der Waals surface area (Å²) in [5, 5.41) is 14.4. The number of nitrogens with one attached hydrogen (secondary N) is 1. The van der Waals surface area contributed by atoms with Crippen molar-refractivity contribution in [3.8, 4) is 5.75 Å². The van der Waals surface area contributed by atoms with Gasteiger partial charge in [0.25, 0.3) is 0 Å². The molecule has 3 unspecified atom stereocenters. The molecule has 2 bridgehead atoms. The molecule has 1 aromatic heterocycles. The third kappa shape index (κ3) is 5.22. The number of hydrogen-bond donors (Lipinski definition) is 2. The zero-order valence-corrected chi connectivity index (χ0v) is 35.6. The number of carbonyl (C=O) groups excluding carboxylic acids is 3. The molecular weight excluding hydrogens is 747 g/mol. The van der Waals surface area contributed by atoms with Crippen molar-refractivity contribution < 1.29 is 38.4 Å². The Morgan fingerprint density at radius 3 is 2.49 bits per heavy atom. The minimum Gasteiger partial charge on any atom is -0.496 e. The standard InChI is InChI=1S/C46H57BN4O8/c1-8-27-19-28-23-45(41(53)57-6,37-30(13-17-50(24-27)25-28)31-20-29(47)11-12-34(31)48-37)33-21-32-35(22-36(33)56-5)49(4)39-44(32)15-18-51-16-10-14-43(9-2,38(44)51)40(59-26(3)52)46(39,55)42(54)58-7/h10-12,14,19-22,28,38-40,48,55H,8-9,13,15-18,23-25,47H2,1-7H3/t28-,38-,39?,40+,43+,44+,45-,46?/m0/s1. The third-order valence-electron chi connectivity index (χ3n) is 15.3. The number of methoxy groups -OCH3 is 3. The smallest absolute Gasteiger partial charge is 0.344 e. The van der Waals surface area contributed by atoms with Crippen molar-refractivity contribution in [2.45, 2.75) is 87.5 Å². The first-order chi connectivity index (χ1) is 28.3. The Kier molecular flexibility index (Phi) is 9.45. The van der Waals surface area contributed by atoms with E-state index in [1.807, 2.05) is 24.9 Å². The molecule has 2 aromatic carbocycles. The number of aromatic nitrogens is 1. The number of nitrogens with zero attached hydrogens (tertiary/aromatic N) is 3. The van der Waals surface area contributed by atoms with E-state index in [2.05, 4.69) is 72.0 Å². The second-order valence-corrected chi connectivity index (χ2v) is 18.0. The molecular formula is C46H57BN4O8. The Morgan fingerprint density at radius 2 is 1.80 bits per heavy atom. The van der Waals surface area contributed by atoms with Crippen LogP contribution in [0.5, 0.6) is 5.75 Å². The Bertz CT molecular complexity index is 2320. The Morgan fingerprint density at radius 1 is 1.02 bits per heavy atom. The van der Waals surface area contributed by atoms with Crippen molar-refractivity contribution in [2.24, 2.45) is 11.3 Å². The average molecular weight is 805 g/mol. The van der Waals surface area contributed by atoms with E-state index in [1.165, 1.54) is 26.7 Å². The highest BCUT2D eigenvalue weighted by molar-refractivity contribution is 6.33. The Balaban J connectivity index is 1.38. The number of fused-ring (bicyclic) bond motifs is 6. The summed E-state index contributed by atoms with van der Waals surface area (Å²) in [6.07, 6.45) is 8.43. The molecule has 9 atom stereocenters. The van der Waals surface area contributed by atoms with Gasteiger partial charge in [-0.1, -0.05) is 55.2 Å². The highest BCUT2D eigenvalue weighted by Crippen LogP contribution is 2.68. The lowest BCUT2D eigenvalue weighted by atomic mass is 9.47. The Labute approximate surface area is 347 Å². The van der Waals surface area contributed by atoms with E-state index in [0.29, 0.717) is 43.7 Å². The fourth-order valence-electron chi connectivity index (χ4n) is 13.2. The maximum Gasteiger partial charge on any atom is 0.344 e. The first-order valence-corrected chi connectivity index (χ1v) is 21.3. The molecule has 6 heterocycles. The van der Waals surface area contributed by atoms with Gasteiger partial charge < -0.3 is 33.9 Å². The molecule has 5 aliphatic heterocycles. The molecule has 13 heteroatoms. The SMILES string of the molecule is Bc1ccc2[nH]c3c(c2c1)CCN1CC(CC)=C[C@H](C1)C[C@]3(C(=O)OC)c1cc2c(cc1OC)N(C)C1C(O)(C(=O)OC)[C@H](OC(C)=O)[C@]3(CC)C=CCN4CC[C@]21[C@@H]43. The van der Waals surface area contributed by atoms with Gasteiger partial charge >= 0.3 is 17.9 Å². The maximum absolute atomic E-state index is 15.4. The lowest BCUT2D eigenvalue weighted by molar-refractivity contribution is -0.228. The molecule has 2 N–H and O–H groups in total. The van der Waals surface area contributed by atoms with Crippen LogP contribution in [0.2, 0.25) is 0 Å². The topological polar surface area (TPSA) is 134 Å². The fraction of sp³-hybridized carbons (Fsp3) is 0.543. The van der Waals surface area contributed by atoms with Crippen LogP contribution in [-0.4, -0.2) is 131 Å². The van der Waals surface area contributed by atoms with Gasteiger partial charge in [0.1, 0.15) is 19.0 Å². The summed E-state index contributed by atoms with van der Waals surface area (Å²) < 4.78 is 24.0. The number of rotatable bonds is 7. The number of benzene rings is 2. The quantitative estimate of drug-likeness (QED) is 0.158. The van der Waals surface area contributed by atoms with Crippen LogP contribution in [0.25, 0.3) is 10.9 Å². The van der Waals surface area contributed by atoms with E-state index in [-0.39, 0.29) is 17.9 Å². The molecule has 12 nitrogen and oxygen atoms in total. The zero-order chi connectivity index (χ0) is 41.8. The monoisotopic (exact) mass is 804 g/mol. The number of carbonyl (C=O) groups is 3. The molecule has 1 saturated carbocycles. The van der Waals surface area contributed by atoms with E-state index < -0.39 is 45.9 Å². The van der Waals surface area contributed by atoms with Gasteiger partial charge in [0.2, 0.25) is 5.60 Å². The summed E-state index contributed by atoms with van der Waals surface area (Å²) in [6, 6.07) is 9.36. The molecule has 312 valence electrons. The minimum absolute atomic E-state index is 0.0187. The van der Waals surface area contributed by atoms with Crippen molar-refractivity contribution in [1.82, 2.24) is 14.8 Å². The summed E-state index contributed by atoms with van der Waals surface area (Å²) >= 11 is 0. The van der Waals surface area contributed by atoms with Crippen LogP contribution in [0.1, 0.15) is 68.8 Å². The normalized spacial score (nSPS) is 34.3. The number of aromatic amines is 1. The lowest BCUT2D eigenvalue weighted by Crippen LogP contribution is -2.81. The molecule has 1 saturated heterocycles. The number of anilines is 1. The van der Waals surface area contributed by atoms with Crippen molar-refractivity contribution in [3.05, 3.63) is 76.5 Å². The van der Waals surface area contributed by atoms with Crippen molar-refractivity contribution in [3.63, 3.8) is 0 Å². The Hall–Kier alpha value is -4.59. The van der Waals surface area contributed by atoms with Gasteiger partial charge in [-0.05, 0) is 67.8 Å². The van der Waals surface area contributed by atoms with Crippen LogP contribution >= 0.6 is 0 Å². The third-order valence-corrected chi connectivity index (χ3v) is 15.3. The molecule has 6 aliphatic rings. The molecule has 1 aliphatic carbocycles. The molecule has 59 heavy (non-hydrogen) atoms. The number of esters is 3. The van der Waals surface area contributed by atoms with E-state index >= 15 is 4.79 Å². The van der Waals surface area contributed by atoms with Gasteiger partial charge in [-0.3, -0.25) is 19.4 Å². The molecule has 2 fully saturated rings. The molecule has 3 aromatic rings. The van der Waals surface area contributed by atoms with Crippen molar-refractivity contribution >= 4 is 47.8 Å². The van der Waals surface area contributed by atoms with Crippen LogP contribution in [0.4, 0.5) is 5.69 Å². The van der Waals surface area contributed by atoms with Gasteiger partial charge in [0, 0.05) is 90.9 Å². The number of ether oxygens (including phenoxy) is 4. The lowest BCUT2D eigenvalue weighted by Gasteiger charge is -2.63. The van der Waals surface area contributed by atoms with Crippen LogP contribution in [-0.2, 0) is 45.8 Å². The molecule has 0 amide bonds. The second-order valence-electron chi connectivity index (χ2n) is 18.0. The minimum atomic E-state index is -2.28. The van der Waals surface area contributed by atoms with Crippen molar-refractivity contribution in [1.29, 1.82) is 0 Å². The molecule has 1 spiro atoms. The van der Waals surface area contributed by atoms with Crippen LogP contribution in [0.3, 0.4) is 0 Å². The zero-order valence-electron chi connectivity index (χ0n) is 35.6. The maximum atomic E-state index is 15.4. The summed E-state index contributed by atoms with van der Waals surface area (Å²) in [6.45, 7) is 9.44. The summed E-state index contributed by atoms with van der Waals surface area (Å²) in [5.41, 5.74) is 2.25. The number of aliphatic hydroxyl groups is 1. The van der Waals surface area contributed by atoms with Crippen LogP contribution in [0, 0.1) is 11.3 Å². The first-order valence-electron chi connectivity index (χ1n) is 21.3. The van der Waals surface area contributed by atoms with E-state index in [0.717, 1.165) is 71.3 Å². The van der Waals surface area contributed by atoms with Gasteiger partial charge in [-0.15, -0.1) is 0 Å². The summed E-state index contributed by atoms with van der Waals surface area (Å²) in [7, 11) is 8.35. The predicted octanol–water partition coefficient (Wildman–Crippen LogP) is 3.05. The van der Waals surface area contributed by atoms with Crippen LogP contribution < -0.4 is 15.1 Å². The van der Waals surface area contributed by atoms with Gasteiger partial charge in [0.15, 0.2) is 6.10 Å². The highest BCUT2D eigenvalue weighted by Gasteiger charge is 2.80. The highest BCUT2D eigenvalue weighted by atomic mass is 16.6. The largest absolute Gasteiger partial charge is 0.496 e. The van der Waals surface area contributed by atoms with E-state index in [1.54, 1.807) is 7.11 Å². The summed E-state index contributed by atoms with van der Waals surface area (Å²) in [5.74, 6) is -1.31. The van der Waals surface area contributed by atoms with Gasteiger partial charge in [0.05, 0.1) is 27.4 Å². The fourth-order valence-corrected chi connectivity index (χ4v) is 13.2. The van der Waals surface area contributed by atoms with E-state index in [9.17, 15) is 14.7 Å². The average Bonchev–Trinajstić information content (AvgIpc) is 3.89. The summed E-state index contributed by atoms with van der Waals surface area (Å²) in [4.78, 5) is 53.5. The van der Waals surface area contributed by atoms with Crippen molar-refractivity contribution in [2.75, 3.05) is 66.0 Å². The van der Waals surface area contributed by atoms with Crippen LogP contribution in [0.15, 0.2) is 54.1 Å². The molecule has 0 radical (unpaired) electrons. The molecule has 9 rings (SSSR count).